The lowest BCUT2D eigenvalue weighted by atomic mass is 9.91. The third-order valence-corrected chi connectivity index (χ3v) is 3.17. The maximum absolute atomic E-state index is 5.34. The number of hydrogen-bond acceptors (Lipinski definition) is 3. The first-order valence-electron chi connectivity index (χ1n) is 5.54. The van der Waals surface area contributed by atoms with Crippen molar-refractivity contribution >= 4 is 5.69 Å². The summed E-state index contributed by atoms with van der Waals surface area (Å²) < 4.78 is 0. The molecular weight excluding hydrogens is 186 g/mol. The number of likely N-dealkylation sites (N-methyl/N-ethyl adjacent to an activating group) is 1. The Morgan fingerprint density at radius 2 is 2.07 bits per heavy atom. The van der Waals surface area contributed by atoms with Gasteiger partial charge in [0.05, 0.1) is 0 Å². The summed E-state index contributed by atoms with van der Waals surface area (Å²) in [5.41, 5.74) is 5.06. The summed E-state index contributed by atoms with van der Waals surface area (Å²) in [5.74, 6) is 6.03. The number of nitrogens with one attached hydrogen (secondary N) is 1. The van der Waals surface area contributed by atoms with Crippen molar-refractivity contribution in [1.82, 2.24) is 4.90 Å². The van der Waals surface area contributed by atoms with Crippen molar-refractivity contribution < 1.29 is 0 Å². The van der Waals surface area contributed by atoms with Crippen LogP contribution < -0.4 is 11.3 Å². The van der Waals surface area contributed by atoms with Gasteiger partial charge in [-0.1, -0.05) is 12.1 Å². The molecule has 0 radical (unpaired) electrons. The summed E-state index contributed by atoms with van der Waals surface area (Å²) in [5, 5.41) is 0. The van der Waals surface area contributed by atoms with E-state index in [1.807, 2.05) is 12.1 Å². The predicted molar refractivity (Wildman–Crippen MR) is 63.7 cm³/mol. The van der Waals surface area contributed by atoms with Crippen molar-refractivity contribution in [3.63, 3.8) is 0 Å². The maximum Gasteiger partial charge on any atom is 0.0485 e. The zero-order valence-corrected chi connectivity index (χ0v) is 9.24. The molecule has 0 aromatic heterocycles. The van der Waals surface area contributed by atoms with E-state index in [4.69, 9.17) is 5.84 Å². The van der Waals surface area contributed by atoms with Gasteiger partial charge in [-0.25, -0.2) is 0 Å². The van der Waals surface area contributed by atoms with E-state index in [0.29, 0.717) is 5.92 Å². The smallest absolute Gasteiger partial charge is 0.0485 e. The van der Waals surface area contributed by atoms with Crippen LogP contribution in [0.25, 0.3) is 0 Å². The number of hydrazine groups is 1. The molecule has 1 aromatic rings. The second kappa shape index (κ2) is 4.64. The van der Waals surface area contributed by atoms with Crippen LogP contribution in [0.5, 0.6) is 0 Å². The third kappa shape index (κ3) is 2.49. The molecule has 3 N–H and O–H groups in total. The van der Waals surface area contributed by atoms with Crippen molar-refractivity contribution in [2.75, 3.05) is 25.6 Å². The molecule has 2 rings (SSSR count). The topological polar surface area (TPSA) is 41.3 Å². The number of likely N-dealkylation sites (tertiary alicyclic amines) is 1. The molecule has 1 aliphatic heterocycles. The van der Waals surface area contributed by atoms with Gasteiger partial charge in [0.15, 0.2) is 0 Å². The first kappa shape index (κ1) is 10.5. The average Bonchev–Trinajstić information content (AvgIpc) is 2.29. The molecule has 15 heavy (non-hydrogen) atoms. The Kier molecular flexibility index (Phi) is 3.23. The SMILES string of the molecule is CN1CCCC(c2ccc(NN)cc2)C1. The molecule has 1 atom stereocenters. The Balaban J connectivity index is 2.07. The van der Waals surface area contributed by atoms with Gasteiger partial charge in [0, 0.05) is 12.2 Å². The van der Waals surface area contributed by atoms with Crippen molar-refractivity contribution in [3.05, 3.63) is 29.8 Å². The highest BCUT2D eigenvalue weighted by atomic mass is 15.2. The molecule has 0 spiro atoms. The van der Waals surface area contributed by atoms with E-state index in [-0.39, 0.29) is 0 Å². The fourth-order valence-corrected chi connectivity index (χ4v) is 2.29. The number of nitrogens with two attached hydrogens (primary N) is 1. The number of nitrogen functional groups attached to an aromatic ring is 1. The highest BCUT2D eigenvalue weighted by Crippen LogP contribution is 2.26. The normalized spacial score (nSPS) is 22.7. The number of benzene rings is 1. The quantitative estimate of drug-likeness (QED) is 0.571. The summed E-state index contributed by atoms with van der Waals surface area (Å²) >= 11 is 0. The van der Waals surface area contributed by atoms with Crippen molar-refractivity contribution in [3.8, 4) is 0 Å². The van der Waals surface area contributed by atoms with E-state index in [0.717, 1.165) is 5.69 Å². The van der Waals surface area contributed by atoms with E-state index < -0.39 is 0 Å². The molecule has 1 heterocycles. The minimum absolute atomic E-state index is 0.690. The number of hydrogen-bond donors (Lipinski definition) is 2. The second-order valence-electron chi connectivity index (χ2n) is 4.37. The second-order valence-corrected chi connectivity index (χ2v) is 4.37. The van der Waals surface area contributed by atoms with E-state index in [1.54, 1.807) is 0 Å². The van der Waals surface area contributed by atoms with Gasteiger partial charge in [-0.05, 0) is 50.0 Å². The van der Waals surface area contributed by atoms with Crippen LogP contribution in [0.1, 0.15) is 24.3 Å². The van der Waals surface area contributed by atoms with Crippen LogP contribution in [0, 0.1) is 0 Å². The fourth-order valence-electron chi connectivity index (χ4n) is 2.29. The molecule has 1 aliphatic rings. The largest absolute Gasteiger partial charge is 0.324 e. The van der Waals surface area contributed by atoms with Crippen LogP contribution in [0.3, 0.4) is 0 Å². The Labute approximate surface area is 91.2 Å². The van der Waals surface area contributed by atoms with Crippen LogP contribution in [-0.2, 0) is 0 Å². The summed E-state index contributed by atoms with van der Waals surface area (Å²) in [4.78, 5) is 2.41. The van der Waals surface area contributed by atoms with Gasteiger partial charge in [-0.2, -0.15) is 0 Å². The predicted octanol–water partition coefficient (Wildman–Crippen LogP) is 1.78. The van der Waals surface area contributed by atoms with Gasteiger partial charge >= 0.3 is 0 Å². The highest BCUT2D eigenvalue weighted by molar-refractivity contribution is 5.44. The number of piperidine rings is 1. The molecule has 82 valence electrons. The van der Waals surface area contributed by atoms with Crippen molar-refractivity contribution in [2.24, 2.45) is 5.84 Å². The first-order chi connectivity index (χ1) is 7.29. The Bertz CT molecular complexity index is 307. The van der Waals surface area contributed by atoms with Gasteiger partial charge in [0.25, 0.3) is 0 Å². The summed E-state index contributed by atoms with van der Waals surface area (Å²) in [6.07, 6.45) is 2.61. The third-order valence-electron chi connectivity index (χ3n) is 3.17. The lowest BCUT2D eigenvalue weighted by Gasteiger charge is -2.30. The molecular formula is C12H19N3. The Morgan fingerprint density at radius 1 is 1.33 bits per heavy atom. The van der Waals surface area contributed by atoms with E-state index in [2.05, 4.69) is 29.5 Å². The first-order valence-corrected chi connectivity index (χ1v) is 5.54. The minimum Gasteiger partial charge on any atom is -0.324 e. The zero-order chi connectivity index (χ0) is 10.7. The van der Waals surface area contributed by atoms with E-state index in [9.17, 15) is 0 Å². The van der Waals surface area contributed by atoms with Crippen LogP contribution in [-0.4, -0.2) is 25.0 Å². The number of anilines is 1. The fraction of sp³-hybridized carbons (Fsp3) is 0.500. The van der Waals surface area contributed by atoms with Gasteiger partial charge in [0.2, 0.25) is 0 Å². The molecule has 0 saturated carbocycles. The minimum atomic E-state index is 0.690. The number of nitrogens with zero attached hydrogens (tertiary/aromatic N) is 1. The van der Waals surface area contributed by atoms with E-state index >= 15 is 0 Å². The monoisotopic (exact) mass is 205 g/mol. The van der Waals surface area contributed by atoms with Gasteiger partial charge in [-0.3, -0.25) is 5.84 Å². The van der Waals surface area contributed by atoms with Gasteiger partial charge < -0.3 is 10.3 Å². The highest BCUT2D eigenvalue weighted by Gasteiger charge is 2.18. The van der Waals surface area contributed by atoms with Crippen LogP contribution >= 0.6 is 0 Å². The van der Waals surface area contributed by atoms with E-state index in [1.165, 1.54) is 31.5 Å². The Hall–Kier alpha value is -1.06. The van der Waals surface area contributed by atoms with Crippen LogP contribution in [0.4, 0.5) is 5.69 Å². The van der Waals surface area contributed by atoms with Crippen molar-refractivity contribution in [2.45, 2.75) is 18.8 Å². The molecule has 0 bridgehead atoms. The summed E-state index contributed by atoms with van der Waals surface area (Å²) in [6.45, 7) is 2.41. The zero-order valence-electron chi connectivity index (χ0n) is 9.24. The standard InChI is InChI=1S/C12H19N3/c1-15-8-2-3-11(9-15)10-4-6-12(14-13)7-5-10/h4-7,11,14H,2-3,8-9,13H2,1H3. The lowest BCUT2D eigenvalue weighted by molar-refractivity contribution is 0.251. The molecule has 1 unspecified atom stereocenters. The number of rotatable bonds is 2. The van der Waals surface area contributed by atoms with Gasteiger partial charge in [-0.15, -0.1) is 0 Å². The average molecular weight is 205 g/mol. The summed E-state index contributed by atoms with van der Waals surface area (Å²) in [6, 6.07) is 8.45. The molecule has 0 aliphatic carbocycles. The molecule has 0 amide bonds. The molecule has 3 nitrogen and oxygen atoms in total. The molecule has 1 aromatic carbocycles. The summed E-state index contributed by atoms with van der Waals surface area (Å²) in [7, 11) is 2.20. The maximum atomic E-state index is 5.34. The molecule has 1 saturated heterocycles. The molecule has 1 fully saturated rings. The van der Waals surface area contributed by atoms with Crippen LogP contribution in [0.2, 0.25) is 0 Å². The van der Waals surface area contributed by atoms with Gasteiger partial charge in [0.1, 0.15) is 0 Å². The molecule has 3 heteroatoms. The Morgan fingerprint density at radius 3 is 2.67 bits per heavy atom. The van der Waals surface area contributed by atoms with Crippen LogP contribution in [0.15, 0.2) is 24.3 Å². The lowest BCUT2D eigenvalue weighted by Crippen LogP contribution is -2.30. The van der Waals surface area contributed by atoms with Crippen molar-refractivity contribution in [1.29, 1.82) is 0 Å².